The van der Waals surface area contributed by atoms with Crippen LogP contribution < -0.4 is 0 Å². The molecule has 0 saturated heterocycles. The average Bonchev–Trinajstić information content (AvgIpc) is 2.67. The molecule has 0 atom stereocenters. The van der Waals surface area contributed by atoms with Crippen molar-refractivity contribution in [1.29, 1.82) is 5.26 Å². The Balaban J connectivity index is 1.95. The Morgan fingerprint density at radius 1 is 0.560 bits per heavy atom. The Labute approximate surface area is 147 Å². The van der Waals surface area contributed by atoms with Crippen LogP contribution in [0.4, 0.5) is 0 Å². The highest BCUT2D eigenvalue weighted by Gasteiger charge is 1.98. The van der Waals surface area contributed by atoms with Crippen LogP contribution in [0, 0.1) is 35.0 Å². The van der Waals surface area contributed by atoms with Gasteiger partial charge < -0.3 is 5.11 Å². The van der Waals surface area contributed by atoms with Crippen molar-refractivity contribution in [3.05, 3.63) is 101 Å². The highest BCUT2D eigenvalue weighted by molar-refractivity contribution is 5.56. The van der Waals surface area contributed by atoms with E-state index < -0.39 is 0 Å². The topological polar surface area (TPSA) is 44.0 Å². The number of aromatic hydroxyl groups is 1. The zero-order valence-corrected chi connectivity index (χ0v) is 13.3. The molecule has 116 valence electrons. The fourth-order valence-corrected chi connectivity index (χ4v) is 2.21. The van der Waals surface area contributed by atoms with E-state index in [2.05, 4.69) is 29.8 Å². The van der Waals surface area contributed by atoms with Gasteiger partial charge in [0.15, 0.2) is 0 Å². The smallest absolute Gasteiger partial charge is 0.115 e. The summed E-state index contributed by atoms with van der Waals surface area (Å²) >= 11 is 0. The maximum Gasteiger partial charge on any atom is 0.115 e. The summed E-state index contributed by atoms with van der Waals surface area (Å²) in [6.07, 6.45) is 0. The zero-order valence-electron chi connectivity index (χ0n) is 13.3. The van der Waals surface area contributed by atoms with Gasteiger partial charge in [0.25, 0.3) is 0 Å². The summed E-state index contributed by atoms with van der Waals surface area (Å²) in [6.45, 7) is 0. The Kier molecular flexibility index (Phi) is 4.82. The van der Waals surface area contributed by atoms with Crippen LogP contribution in [0.1, 0.15) is 27.8 Å². The monoisotopic (exact) mass is 319 g/mol. The minimum absolute atomic E-state index is 0.216. The summed E-state index contributed by atoms with van der Waals surface area (Å²) in [5, 5.41) is 18.5. The molecule has 0 heterocycles. The molecule has 1 N–H and O–H groups in total. The van der Waals surface area contributed by atoms with Gasteiger partial charge in [-0.2, -0.15) is 5.26 Å². The van der Waals surface area contributed by atoms with Crippen LogP contribution in [0.3, 0.4) is 0 Å². The molecule has 0 aliphatic heterocycles. The molecule has 3 aromatic carbocycles. The van der Waals surface area contributed by atoms with Gasteiger partial charge in [-0.25, -0.2) is 0 Å². The SMILES string of the molecule is N#Cc1ccccc1C#Cc1ccccc1C#Cc1ccc(O)cc1. The van der Waals surface area contributed by atoms with E-state index in [0.717, 1.165) is 16.7 Å². The lowest BCUT2D eigenvalue weighted by Gasteiger charge is -1.97. The maximum absolute atomic E-state index is 9.32. The van der Waals surface area contributed by atoms with Crippen molar-refractivity contribution in [2.45, 2.75) is 0 Å². The molecule has 2 heteroatoms. The van der Waals surface area contributed by atoms with Gasteiger partial charge >= 0.3 is 0 Å². The summed E-state index contributed by atoms with van der Waals surface area (Å²) in [5.74, 6) is 12.6. The summed E-state index contributed by atoms with van der Waals surface area (Å²) in [6, 6.07) is 23.8. The van der Waals surface area contributed by atoms with E-state index in [9.17, 15) is 5.11 Å². The Bertz CT molecular complexity index is 1070. The molecular weight excluding hydrogens is 306 g/mol. The van der Waals surface area contributed by atoms with Crippen LogP contribution in [0.2, 0.25) is 0 Å². The normalized spacial score (nSPS) is 9.08. The molecule has 0 unspecified atom stereocenters. The lowest BCUT2D eigenvalue weighted by atomic mass is 10.1. The second-order valence-corrected chi connectivity index (χ2v) is 5.25. The van der Waals surface area contributed by atoms with Crippen molar-refractivity contribution < 1.29 is 5.11 Å². The van der Waals surface area contributed by atoms with Gasteiger partial charge in [-0.3, -0.25) is 0 Å². The third kappa shape index (κ3) is 4.08. The van der Waals surface area contributed by atoms with Gasteiger partial charge in [0.1, 0.15) is 11.8 Å². The summed E-state index contributed by atoms with van der Waals surface area (Å²) in [7, 11) is 0. The molecule has 25 heavy (non-hydrogen) atoms. The number of nitrogens with zero attached hydrogens (tertiary/aromatic N) is 1. The van der Waals surface area contributed by atoms with Crippen LogP contribution >= 0.6 is 0 Å². The number of nitriles is 1. The van der Waals surface area contributed by atoms with Crippen LogP contribution in [-0.2, 0) is 0 Å². The van der Waals surface area contributed by atoms with Gasteiger partial charge in [-0.15, -0.1) is 0 Å². The van der Waals surface area contributed by atoms with Crippen molar-refractivity contribution in [2.75, 3.05) is 0 Å². The van der Waals surface area contributed by atoms with Crippen molar-refractivity contribution in [3.8, 4) is 35.5 Å². The van der Waals surface area contributed by atoms with Crippen LogP contribution in [0.5, 0.6) is 5.75 Å². The number of hydrogen-bond acceptors (Lipinski definition) is 2. The highest BCUT2D eigenvalue weighted by Crippen LogP contribution is 2.11. The lowest BCUT2D eigenvalue weighted by Crippen LogP contribution is -1.85. The van der Waals surface area contributed by atoms with Crippen LogP contribution in [0.25, 0.3) is 0 Å². The number of rotatable bonds is 0. The van der Waals surface area contributed by atoms with E-state index in [1.165, 1.54) is 0 Å². The minimum atomic E-state index is 0.216. The van der Waals surface area contributed by atoms with Gasteiger partial charge in [0, 0.05) is 22.3 Å². The molecule has 0 bridgehead atoms. The predicted octanol–water partition coefficient (Wildman–Crippen LogP) is 4.06. The molecule has 0 aromatic heterocycles. The molecule has 3 aromatic rings. The zero-order chi connectivity index (χ0) is 17.5. The van der Waals surface area contributed by atoms with Gasteiger partial charge in [-0.1, -0.05) is 47.9 Å². The van der Waals surface area contributed by atoms with E-state index in [0.29, 0.717) is 11.1 Å². The third-order valence-corrected chi connectivity index (χ3v) is 3.52. The Hall–Kier alpha value is -3.93. The van der Waals surface area contributed by atoms with Crippen LogP contribution in [-0.4, -0.2) is 5.11 Å². The van der Waals surface area contributed by atoms with E-state index in [4.69, 9.17) is 5.26 Å². The number of phenols is 1. The van der Waals surface area contributed by atoms with E-state index in [1.807, 2.05) is 42.5 Å². The average molecular weight is 319 g/mol. The molecule has 0 aliphatic rings. The molecule has 0 aliphatic carbocycles. The predicted molar refractivity (Wildman–Crippen MR) is 97.7 cm³/mol. The van der Waals surface area contributed by atoms with Crippen molar-refractivity contribution in [2.24, 2.45) is 0 Å². The first-order valence-corrected chi connectivity index (χ1v) is 7.67. The second kappa shape index (κ2) is 7.56. The quantitative estimate of drug-likeness (QED) is 0.635. The molecular formula is C23H13NO. The van der Waals surface area contributed by atoms with E-state index >= 15 is 0 Å². The molecule has 0 radical (unpaired) electrons. The van der Waals surface area contributed by atoms with Gasteiger partial charge in [0.05, 0.1) is 5.56 Å². The van der Waals surface area contributed by atoms with E-state index in [1.54, 1.807) is 30.3 Å². The first-order chi connectivity index (χ1) is 12.3. The highest BCUT2D eigenvalue weighted by atomic mass is 16.3. The molecule has 0 spiro atoms. The largest absolute Gasteiger partial charge is 0.508 e. The third-order valence-electron chi connectivity index (χ3n) is 3.52. The van der Waals surface area contributed by atoms with Crippen molar-refractivity contribution >= 4 is 0 Å². The van der Waals surface area contributed by atoms with Gasteiger partial charge in [0.2, 0.25) is 0 Å². The number of benzene rings is 3. The maximum atomic E-state index is 9.32. The summed E-state index contributed by atoms with van der Waals surface area (Å²) in [5.41, 5.74) is 3.70. The lowest BCUT2D eigenvalue weighted by molar-refractivity contribution is 0.475. The molecule has 3 rings (SSSR count). The Morgan fingerprint density at radius 2 is 1.00 bits per heavy atom. The minimum Gasteiger partial charge on any atom is -0.508 e. The molecule has 0 fully saturated rings. The summed E-state index contributed by atoms with van der Waals surface area (Å²) < 4.78 is 0. The van der Waals surface area contributed by atoms with Crippen LogP contribution in [0.15, 0.2) is 72.8 Å². The first-order valence-electron chi connectivity index (χ1n) is 7.67. The molecule has 0 amide bonds. The summed E-state index contributed by atoms with van der Waals surface area (Å²) in [4.78, 5) is 0. The second-order valence-electron chi connectivity index (χ2n) is 5.25. The van der Waals surface area contributed by atoms with Crippen molar-refractivity contribution in [1.82, 2.24) is 0 Å². The Morgan fingerprint density at radius 3 is 1.52 bits per heavy atom. The fraction of sp³-hybridized carbons (Fsp3) is 0. The van der Waals surface area contributed by atoms with E-state index in [-0.39, 0.29) is 5.75 Å². The van der Waals surface area contributed by atoms with Gasteiger partial charge in [-0.05, 0) is 48.5 Å². The molecule has 0 saturated carbocycles. The fourth-order valence-electron chi connectivity index (χ4n) is 2.21. The van der Waals surface area contributed by atoms with Crippen molar-refractivity contribution in [3.63, 3.8) is 0 Å². The number of phenolic OH excluding ortho intramolecular Hbond substituents is 1. The standard InChI is InChI=1S/C23H13NO/c24-17-22-8-4-3-7-21(22)14-13-20-6-2-1-5-19(20)12-9-18-10-15-23(25)16-11-18/h1-8,10-11,15-16,25H. The first kappa shape index (κ1) is 15.9. The number of hydrogen-bond donors (Lipinski definition) is 1. The molecule has 2 nitrogen and oxygen atoms in total.